The van der Waals surface area contributed by atoms with Crippen molar-refractivity contribution >= 4 is 5.65 Å². The minimum Gasteiger partial charge on any atom is -0.292 e. The van der Waals surface area contributed by atoms with E-state index in [-0.39, 0.29) is 0 Å². The zero-order valence-corrected chi connectivity index (χ0v) is 9.85. The molecule has 0 aliphatic rings. The van der Waals surface area contributed by atoms with E-state index in [0.29, 0.717) is 0 Å². The van der Waals surface area contributed by atoms with Gasteiger partial charge >= 0.3 is 0 Å². The van der Waals surface area contributed by atoms with E-state index < -0.39 is 0 Å². The number of aromatic amines is 1. The molecule has 3 aromatic rings. The average Bonchev–Trinajstić information content (AvgIpc) is 2.93. The lowest BCUT2D eigenvalue weighted by Crippen LogP contribution is -1.87. The third kappa shape index (κ3) is 1.64. The smallest absolute Gasteiger partial charge is 0.156 e. The van der Waals surface area contributed by atoms with E-state index >= 15 is 0 Å². The van der Waals surface area contributed by atoms with Crippen LogP contribution in [-0.2, 0) is 6.42 Å². The number of aromatic nitrogens is 3. The van der Waals surface area contributed by atoms with E-state index in [1.807, 2.05) is 23.0 Å². The average molecular weight is 225 g/mol. The van der Waals surface area contributed by atoms with Crippen molar-refractivity contribution in [3.63, 3.8) is 0 Å². The maximum atomic E-state index is 4.42. The summed E-state index contributed by atoms with van der Waals surface area (Å²) >= 11 is 0. The van der Waals surface area contributed by atoms with Crippen molar-refractivity contribution < 1.29 is 0 Å². The monoisotopic (exact) mass is 225 g/mol. The molecule has 0 bridgehead atoms. The maximum absolute atomic E-state index is 4.42. The lowest BCUT2D eigenvalue weighted by molar-refractivity contribution is 0.928. The summed E-state index contributed by atoms with van der Waals surface area (Å²) in [4.78, 5) is 4.42. The molecule has 0 aliphatic carbocycles. The second kappa shape index (κ2) is 4.09. The van der Waals surface area contributed by atoms with Crippen LogP contribution in [0.2, 0.25) is 0 Å². The number of H-pyrrole nitrogens is 1. The lowest BCUT2D eigenvalue weighted by atomic mass is 10.0. The van der Waals surface area contributed by atoms with Gasteiger partial charge in [0, 0.05) is 18.0 Å². The molecule has 2 heterocycles. The summed E-state index contributed by atoms with van der Waals surface area (Å²) in [7, 11) is 0. The maximum Gasteiger partial charge on any atom is 0.156 e. The van der Waals surface area contributed by atoms with Crippen LogP contribution in [0.15, 0.2) is 42.7 Å². The molecule has 0 unspecified atom stereocenters. The molecule has 2 aromatic heterocycles. The molecule has 0 atom stereocenters. The van der Waals surface area contributed by atoms with Gasteiger partial charge in [0.15, 0.2) is 5.65 Å². The number of imidazole rings is 1. The first-order valence-corrected chi connectivity index (χ1v) is 5.99. The number of nitrogens with zero attached hydrogens (tertiary/aromatic N) is 2. The minimum absolute atomic E-state index is 1.05. The molecule has 1 aromatic carbocycles. The summed E-state index contributed by atoms with van der Waals surface area (Å²) in [6.07, 6.45) is 5.97. The first-order valence-electron chi connectivity index (χ1n) is 5.99. The Hall–Kier alpha value is -2.03. The minimum atomic E-state index is 1.05. The number of fused-ring (bicyclic) bond motifs is 1. The van der Waals surface area contributed by atoms with Crippen molar-refractivity contribution in [3.05, 3.63) is 48.3 Å². The van der Waals surface area contributed by atoms with Crippen LogP contribution in [0.25, 0.3) is 16.9 Å². The molecule has 3 rings (SSSR count). The largest absolute Gasteiger partial charge is 0.292 e. The van der Waals surface area contributed by atoms with Crippen LogP contribution in [0.3, 0.4) is 0 Å². The molecule has 0 radical (unpaired) electrons. The van der Waals surface area contributed by atoms with E-state index in [1.54, 1.807) is 0 Å². The molecular formula is C14H15N3. The van der Waals surface area contributed by atoms with Gasteiger partial charge in [-0.15, -0.1) is 0 Å². The highest BCUT2D eigenvalue weighted by atomic mass is 15.3. The van der Waals surface area contributed by atoms with E-state index in [2.05, 4.69) is 41.3 Å². The SMILES string of the molecule is CCCc1c(-c2ccccc2)[nH]n2ccnc12. The standard InChI is InChI=1S/C14H15N3/c1-2-6-12-13(11-7-4-3-5-8-11)16-17-10-9-15-14(12)17/h3-5,7-10,16H,2,6H2,1H3. The second-order valence-corrected chi connectivity index (χ2v) is 4.20. The lowest BCUT2D eigenvalue weighted by Gasteiger charge is -2.01. The Kier molecular flexibility index (Phi) is 2.44. The van der Waals surface area contributed by atoms with Crippen LogP contribution < -0.4 is 0 Å². The molecule has 3 nitrogen and oxygen atoms in total. The van der Waals surface area contributed by atoms with Crippen LogP contribution in [-0.4, -0.2) is 14.6 Å². The summed E-state index contributed by atoms with van der Waals surface area (Å²) < 4.78 is 1.99. The van der Waals surface area contributed by atoms with Crippen molar-refractivity contribution in [1.29, 1.82) is 0 Å². The van der Waals surface area contributed by atoms with Crippen molar-refractivity contribution in [2.24, 2.45) is 0 Å². The Labute approximate surface area is 100 Å². The van der Waals surface area contributed by atoms with Gasteiger partial charge in [-0.05, 0) is 12.0 Å². The van der Waals surface area contributed by atoms with Gasteiger partial charge in [-0.2, -0.15) is 0 Å². The van der Waals surface area contributed by atoms with Crippen LogP contribution in [0.4, 0.5) is 0 Å². The second-order valence-electron chi connectivity index (χ2n) is 4.20. The Balaban J connectivity index is 2.21. The van der Waals surface area contributed by atoms with E-state index in [1.165, 1.54) is 16.8 Å². The van der Waals surface area contributed by atoms with Crippen molar-refractivity contribution in [1.82, 2.24) is 14.6 Å². The van der Waals surface area contributed by atoms with Gasteiger partial charge in [0.2, 0.25) is 0 Å². The van der Waals surface area contributed by atoms with Gasteiger partial charge in [-0.3, -0.25) is 5.10 Å². The fourth-order valence-corrected chi connectivity index (χ4v) is 2.25. The number of nitrogens with one attached hydrogen (secondary N) is 1. The summed E-state index contributed by atoms with van der Waals surface area (Å²) in [5.74, 6) is 0. The van der Waals surface area contributed by atoms with Gasteiger partial charge in [0.25, 0.3) is 0 Å². The highest BCUT2D eigenvalue weighted by Crippen LogP contribution is 2.26. The zero-order chi connectivity index (χ0) is 11.7. The number of hydrogen-bond donors (Lipinski definition) is 1. The highest BCUT2D eigenvalue weighted by molar-refractivity contribution is 5.70. The van der Waals surface area contributed by atoms with Crippen molar-refractivity contribution in [2.75, 3.05) is 0 Å². The van der Waals surface area contributed by atoms with Crippen LogP contribution >= 0.6 is 0 Å². The quantitative estimate of drug-likeness (QED) is 0.729. The summed E-state index contributed by atoms with van der Waals surface area (Å²) in [6.45, 7) is 2.20. The summed E-state index contributed by atoms with van der Waals surface area (Å²) in [5.41, 5.74) is 4.77. The molecular weight excluding hydrogens is 210 g/mol. The number of benzene rings is 1. The summed E-state index contributed by atoms with van der Waals surface area (Å²) in [5, 5.41) is 3.40. The fourth-order valence-electron chi connectivity index (χ4n) is 2.25. The van der Waals surface area contributed by atoms with Crippen LogP contribution in [0, 0.1) is 0 Å². The van der Waals surface area contributed by atoms with E-state index in [4.69, 9.17) is 0 Å². The molecule has 0 aliphatic heterocycles. The van der Waals surface area contributed by atoms with Gasteiger partial charge in [-0.1, -0.05) is 43.7 Å². The Bertz CT molecular complexity index is 619. The van der Waals surface area contributed by atoms with E-state index in [0.717, 1.165) is 18.5 Å². The van der Waals surface area contributed by atoms with Crippen molar-refractivity contribution in [2.45, 2.75) is 19.8 Å². The fraction of sp³-hybridized carbons (Fsp3) is 0.214. The molecule has 86 valence electrons. The predicted molar refractivity (Wildman–Crippen MR) is 69.0 cm³/mol. The third-order valence-electron chi connectivity index (χ3n) is 3.01. The van der Waals surface area contributed by atoms with Crippen LogP contribution in [0.5, 0.6) is 0 Å². The first kappa shape index (κ1) is 10.1. The first-order chi connectivity index (χ1) is 8.40. The third-order valence-corrected chi connectivity index (χ3v) is 3.01. The topological polar surface area (TPSA) is 33.1 Å². The molecule has 0 saturated carbocycles. The highest BCUT2D eigenvalue weighted by Gasteiger charge is 2.12. The van der Waals surface area contributed by atoms with Gasteiger partial charge in [-0.25, -0.2) is 9.50 Å². The molecule has 3 heteroatoms. The van der Waals surface area contributed by atoms with Gasteiger partial charge < -0.3 is 0 Å². The normalized spacial score (nSPS) is 11.1. The van der Waals surface area contributed by atoms with Gasteiger partial charge in [0.1, 0.15) is 0 Å². The molecule has 0 spiro atoms. The number of rotatable bonds is 3. The van der Waals surface area contributed by atoms with Crippen molar-refractivity contribution in [3.8, 4) is 11.3 Å². The Morgan fingerprint density at radius 3 is 2.82 bits per heavy atom. The molecule has 0 fully saturated rings. The Morgan fingerprint density at radius 2 is 2.06 bits per heavy atom. The molecule has 1 N–H and O–H groups in total. The molecule has 0 saturated heterocycles. The zero-order valence-electron chi connectivity index (χ0n) is 9.85. The predicted octanol–water partition coefficient (Wildman–Crippen LogP) is 3.28. The molecule has 17 heavy (non-hydrogen) atoms. The van der Waals surface area contributed by atoms with E-state index in [9.17, 15) is 0 Å². The summed E-state index contributed by atoms with van der Waals surface area (Å²) in [6, 6.07) is 10.4. The van der Waals surface area contributed by atoms with Crippen LogP contribution in [0.1, 0.15) is 18.9 Å². The number of hydrogen-bond acceptors (Lipinski definition) is 1. The van der Waals surface area contributed by atoms with Gasteiger partial charge in [0.05, 0.1) is 5.69 Å². The molecule has 0 amide bonds. The Morgan fingerprint density at radius 1 is 1.24 bits per heavy atom. The number of aryl methyl sites for hydroxylation is 1.